The topological polar surface area (TPSA) is 49.6 Å². The minimum Gasteiger partial charge on any atom is -0.340 e. The summed E-state index contributed by atoms with van der Waals surface area (Å²) in [6.45, 7) is 5.72. The van der Waals surface area contributed by atoms with Crippen LogP contribution in [-0.2, 0) is 4.79 Å². The zero-order valence-corrected chi connectivity index (χ0v) is 10.0. The van der Waals surface area contributed by atoms with Gasteiger partial charge in [-0.05, 0) is 38.3 Å². The van der Waals surface area contributed by atoms with E-state index in [-0.39, 0.29) is 0 Å². The van der Waals surface area contributed by atoms with Crippen molar-refractivity contribution >= 4 is 5.91 Å². The molecule has 0 bridgehead atoms. The fraction of sp³-hybridized carbons (Fsp3) is 0.917. The average molecular weight is 225 g/mol. The van der Waals surface area contributed by atoms with Gasteiger partial charge in [0.25, 0.3) is 0 Å². The summed E-state index contributed by atoms with van der Waals surface area (Å²) in [7, 11) is 0. The van der Waals surface area contributed by atoms with Crippen LogP contribution >= 0.6 is 0 Å². The van der Waals surface area contributed by atoms with Gasteiger partial charge in [0, 0.05) is 32.6 Å². The van der Waals surface area contributed by atoms with Gasteiger partial charge >= 0.3 is 0 Å². The first-order valence-corrected chi connectivity index (χ1v) is 6.50. The minimum atomic E-state index is 0.376. The molecule has 1 amide bonds. The molecule has 1 saturated carbocycles. The number of rotatable bonds is 5. The standard InChI is InChI=1S/C12H23N3O/c13-4-1-5-14-6-8-15(9-7-14)12(16)10-11-2-3-11/h11H,1-10,13H2. The Morgan fingerprint density at radius 2 is 1.88 bits per heavy atom. The largest absolute Gasteiger partial charge is 0.340 e. The molecule has 1 aliphatic carbocycles. The second kappa shape index (κ2) is 5.64. The van der Waals surface area contributed by atoms with Gasteiger partial charge in [-0.2, -0.15) is 0 Å². The monoisotopic (exact) mass is 225 g/mol. The van der Waals surface area contributed by atoms with Crippen LogP contribution in [-0.4, -0.2) is 55.0 Å². The first-order valence-electron chi connectivity index (χ1n) is 6.50. The molecule has 0 spiro atoms. The molecular formula is C12H23N3O. The maximum absolute atomic E-state index is 11.9. The smallest absolute Gasteiger partial charge is 0.222 e. The third-order valence-corrected chi connectivity index (χ3v) is 3.56. The van der Waals surface area contributed by atoms with E-state index in [1.165, 1.54) is 12.8 Å². The van der Waals surface area contributed by atoms with Gasteiger partial charge in [-0.3, -0.25) is 9.69 Å². The summed E-state index contributed by atoms with van der Waals surface area (Å²) in [5, 5.41) is 0. The second-order valence-electron chi connectivity index (χ2n) is 5.01. The van der Waals surface area contributed by atoms with Crippen LogP contribution in [0, 0.1) is 5.92 Å². The molecule has 4 nitrogen and oxygen atoms in total. The van der Waals surface area contributed by atoms with Crippen LogP contribution in [0.3, 0.4) is 0 Å². The minimum absolute atomic E-state index is 0.376. The van der Waals surface area contributed by atoms with Crippen LogP contribution < -0.4 is 5.73 Å². The molecule has 0 unspecified atom stereocenters. The second-order valence-corrected chi connectivity index (χ2v) is 5.01. The van der Waals surface area contributed by atoms with Crippen molar-refractivity contribution < 1.29 is 4.79 Å². The van der Waals surface area contributed by atoms with Gasteiger partial charge in [-0.15, -0.1) is 0 Å². The van der Waals surface area contributed by atoms with Crippen LogP contribution in [0.15, 0.2) is 0 Å². The highest BCUT2D eigenvalue weighted by atomic mass is 16.2. The van der Waals surface area contributed by atoms with Crippen molar-refractivity contribution in [3.8, 4) is 0 Å². The summed E-state index contributed by atoms with van der Waals surface area (Å²) in [4.78, 5) is 16.3. The first-order chi connectivity index (χ1) is 7.79. The predicted octanol–water partition coefficient (Wildman–Crippen LogP) is 0.279. The Bertz CT molecular complexity index is 232. The average Bonchev–Trinajstić information content (AvgIpc) is 3.11. The van der Waals surface area contributed by atoms with Gasteiger partial charge in [0.2, 0.25) is 5.91 Å². The SMILES string of the molecule is NCCCN1CCN(C(=O)CC2CC2)CC1. The third-order valence-electron chi connectivity index (χ3n) is 3.56. The molecule has 2 aliphatic rings. The fourth-order valence-electron chi connectivity index (χ4n) is 2.23. The molecule has 2 fully saturated rings. The predicted molar refractivity (Wildman–Crippen MR) is 64.0 cm³/mol. The molecule has 2 rings (SSSR count). The quantitative estimate of drug-likeness (QED) is 0.731. The maximum atomic E-state index is 11.9. The van der Waals surface area contributed by atoms with Gasteiger partial charge in [-0.25, -0.2) is 0 Å². The van der Waals surface area contributed by atoms with E-state index < -0.39 is 0 Å². The number of carbonyl (C=O) groups excluding carboxylic acids is 1. The summed E-state index contributed by atoms with van der Waals surface area (Å²) in [5.41, 5.74) is 5.49. The molecule has 2 N–H and O–H groups in total. The highest BCUT2D eigenvalue weighted by molar-refractivity contribution is 5.76. The summed E-state index contributed by atoms with van der Waals surface area (Å²) >= 11 is 0. The van der Waals surface area contributed by atoms with Crippen molar-refractivity contribution in [1.82, 2.24) is 9.80 Å². The van der Waals surface area contributed by atoms with E-state index in [4.69, 9.17) is 5.73 Å². The van der Waals surface area contributed by atoms with E-state index in [0.717, 1.165) is 52.1 Å². The lowest BCUT2D eigenvalue weighted by molar-refractivity contribution is -0.133. The number of nitrogens with zero attached hydrogens (tertiary/aromatic N) is 2. The molecule has 0 aromatic carbocycles. The lowest BCUT2D eigenvalue weighted by Crippen LogP contribution is -2.49. The van der Waals surface area contributed by atoms with Gasteiger partial charge in [0.1, 0.15) is 0 Å². The van der Waals surface area contributed by atoms with Gasteiger partial charge < -0.3 is 10.6 Å². The van der Waals surface area contributed by atoms with Crippen molar-refractivity contribution in [2.24, 2.45) is 11.7 Å². The zero-order chi connectivity index (χ0) is 11.4. The Balaban J connectivity index is 1.65. The Hall–Kier alpha value is -0.610. The van der Waals surface area contributed by atoms with Crippen molar-refractivity contribution in [1.29, 1.82) is 0 Å². The van der Waals surface area contributed by atoms with Gasteiger partial charge in [-0.1, -0.05) is 0 Å². The third kappa shape index (κ3) is 3.46. The molecule has 92 valence electrons. The number of amides is 1. The van der Waals surface area contributed by atoms with E-state index >= 15 is 0 Å². The van der Waals surface area contributed by atoms with E-state index in [2.05, 4.69) is 4.90 Å². The molecule has 1 aliphatic heterocycles. The number of piperazine rings is 1. The Morgan fingerprint density at radius 1 is 1.19 bits per heavy atom. The lowest BCUT2D eigenvalue weighted by Gasteiger charge is -2.34. The van der Waals surface area contributed by atoms with Gasteiger partial charge in [0.05, 0.1) is 0 Å². The van der Waals surface area contributed by atoms with E-state index in [1.807, 2.05) is 4.90 Å². The summed E-state index contributed by atoms with van der Waals surface area (Å²) in [6.07, 6.45) is 4.39. The molecule has 0 radical (unpaired) electrons. The van der Waals surface area contributed by atoms with Crippen LogP contribution in [0.2, 0.25) is 0 Å². The molecule has 1 heterocycles. The molecule has 1 saturated heterocycles. The zero-order valence-electron chi connectivity index (χ0n) is 10.0. The van der Waals surface area contributed by atoms with Crippen molar-refractivity contribution in [3.05, 3.63) is 0 Å². The molecule has 0 atom stereocenters. The number of nitrogens with two attached hydrogens (primary N) is 1. The molecule has 16 heavy (non-hydrogen) atoms. The maximum Gasteiger partial charge on any atom is 0.222 e. The highest BCUT2D eigenvalue weighted by Gasteiger charge is 2.28. The first kappa shape index (κ1) is 11.9. The molecule has 4 heteroatoms. The van der Waals surface area contributed by atoms with Crippen molar-refractivity contribution in [3.63, 3.8) is 0 Å². The van der Waals surface area contributed by atoms with E-state index in [9.17, 15) is 4.79 Å². The summed E-state index contributed by atoms with van der Waals surface area (Å²) in [5.74, 6) is 1.09. The number of hydrogen-bond acceptors (Lipinski definition) is 3. The number of carbonyl (C=O) groups is 1. The highest BCUT2D eigenvalue weighted by Crippen LogP contribution is 2.32. The van der Waals surface area contributed by atoms with Crippen molar-refractivity contribution in [2.45, 2.75) is 25.7 Å². The van der Waals surface area contributed by atoms with Gasteiger partial charge in [0.15, 0.2) is 0 Å². The molecule has 0 aromatic heterocycles. The van der Waals surface area contributed by atoms with E-state index in [0.29, 0.717) is 11.8 Å². The Morgan fingerprint density at radius 3 is 2.44 bits per heavy atom. The van der Waals surface area contributed by atoms with E-state index in [1.54, 1.807) is 0 Å². The van der Waals surface area contributed by atoms with Crippen molar-refractivity contribution in [2.75, 3.05) is 39.3 Å². The van der Waals surface area contributed by atoms with Crippen LogP contribution in [0.1, 0.15) is 25.7 Å². The molecular weight excluding hydrogens is 202 g/mol. The molecule has 0 aromatic rings. The fourth-order valence-corrected chi connectivity index (χ4v) is 2.23. The summed E-state index contributed by atoms with van der Waals surface area (Å²) < 4.78 is 0. The summed E-state index contributed by atoms with van der Waals surface area (Å²) in [6, 6.07) is 0. The Kier molecular flexibility index (Phi) is 4.18. The Labute approximate surface area is 97.8 Å². The normalized spacial score (nSPS) is 22.4. The van der Waals surface area contributed by atoms with Crippen LogP contribution in [0.4, 0.5) is 0 Å². The van der Waals surface area contributed by atoms with Crippen LogP contribution in [0.25, 0.3) is 0 Å². The number of hydrogen-bond donors (Lipinski definition) is 1. The lowest BCUT2D eigenvalue weighted by atomic mass is 10.2. The van der Waals surface area contributed by atoms with Crippen LogP contribution in [0.5, 0.6) is 0 Å².